The van der Waals surface area contributed by atoms with Crippen LogP contribution >= 0.6 is 0 Å². The predicted octanol–water partition coefficient (Wildman–Crippen LogP) is 2.41. The van der Waals surface area contributed by atoms with Crippen LogP contribution in [0, 0.1) is 0 Å². The van der Waals surface area contributed by atoms with E-state index in [0.29, 0.717) is 11.5 Å². The number of carbonyl (C=O) groups is 1. The number of amides is 1. The summed E-state index contributed by atoms with van der Waals surface area (Å²) < 4.78 is 38.1. The first kappa shape index (κ1) is 21.2. The largest absolute Gasteiger partial charge is 0.497 e. The summed E-state index contributed by atoms with van der Waals surface area (Å²) in [6, 6.07) is 12.6. The molecule has 2 rings (SSSR count). The number of nitrogens with one attached hydrogen (secondary N) is 1. The summed E-state index contributed by atoms with van der Waals surface area (Å²) in [4.78, 5) is 12.4. The van der Waals surface area contributed by atoms with Gasteiger partial charge in [0.2, 0.25) is 0 Å². The monoisotopic (exact) mass is 405 g/mol. The number of anilines is 1. The lowest BCUT2D eigenvalue weighted by molar-refractivity contribution is -0.119. The van der Waals surface area contributed by atoms with Gasteiger partial charge in [-0.15, -0.1) is 0 Å². The van der Waals surface area contributed by atoms with Gasteiger partial charge in [0.15, 0.2) is 0 Å². The lowest BCUT2D eigenvalue weighted by Crippen LogP contribution is -2.40. The van der Waals surface area contributed by atoms with Crippen molar-refractivity contribution in [1.29, 1.82) is 0 Å². The molecule has 2 aromatic carbocycles. The number of hydrogen-bond acceptors (Lipinski definition) is 6. The van der Waals surface area contributed by atoms with Crippen molar-refractivity contribution in [3.8, 4) is 11.5 Å². The van der Waals surface area contributed by atoms with Crippen LogP contribution < -0.4 is 19.2 Å². The molecule has 0 saturated heterocycles. The van der Waals surface area contributed by atoms with Gasteiger partial charge in [-0.25, -0.2) is 13.8 Å². The molecule has 0 radical (unpaired) electrons. The van der Waals surface area contributed by atoms with E-state index in [4.69, 9.17) is 9.47 Å². The molecule has 0 heterocycles. The first-order valence-electron chi connectivity index (χ1n) is 8.39. The van der Waals surface area contributed by atoms with Crippen LogP contribution in [0.5, 0.6) is 11.5 Å². The maximum Gasteiger partial charge on any atom is 0.264 e. The normalized spacial score (nSPS) is 10.7. The Bertz CT molecular complexity index is 955. The van der Waals surface area contributed by atoms with E-state index >= 15 is 0 Å². The van der Waals surface area contributed by atoms with E-state index in [1.54, 1.807) is 44.2 Å². The minimum Gasteiger partial charge on any atom is -0.497 e. The molecule has 0 atom stereocenters. The average molecular weight is 405 g/mol. The summed E-state index contributed by atoms with van der Waals surface area (Å²) >= 11 is 0. The molecule has 150 valence electrons. The number of nitrogens with zero attached hydrogens (tertiary/aromatic N) is 2. The van der Waals surface area contributed by atoms with Crippen LogP contribution in [0.15, 0.2) is 58.5 Å². The van der Waals surface area contributed by atoms with Gasteiger partial charge in [0, 0.05) is 11.8 Å². The van der Waals surface area contributed by atoms with Crippen LogP contribution in [0.4, 0.5) is 5.69 Å². The third-order valence-electron chi connectivity index (χ3n) is 3.68. The topological polar surface area (TPSA) is 97.3 Å². The second-order valence-electron chi connectivity index (χ2n) is 5.96. The molecule has 1 N–H and O–H groups in total. The van der Waals surface area contributed by atoms with E-state index in [1.165, 1.54) is 32.4 Å². The zero-order chi connectivity index (χ0) is 20.7. The number of rotatable bonds is 8. The van der Waals surface area contributed by atoms with Crippen LogP contribution in [0.1, 0.15) is 13.8 Å². The quantitative estimate of drug-likeness (QED) is 0.537. The molecule has 0 aliphatic rings. The molecule has 0 bridgehead atoms. The summed E-state index contributed by atoms with van der Waals surface area (Å²) in [5.41, 5.74) is 3.15. The fourth-order valence-corrected chi connectivity index (χ4v) is 3.80. The Hall–Kier alpha value is -3.07. The van der Waals surface area contributed by atoms with Gasteiger partial charge in [-0.3, -0.25) is 9.10 Å². The van der Waals surface area contributed by atoms with Crippen LogP contribution in [0.25, 0.3) is 0 Å². The number of carbonyl (C=O) groups excluding carboxylic acids is 1. The van der Waals surface area contributed by atoms with Gasteiger partial charge < -0.3 is 9.47 Å². The minimum atomic E-state index is -4.06. The number of hydrogen-bond donors (Lipinski definition) is 1. The lowest BCUT2D eigenvalue weighted by atomic mass is 10.2. The SMILES string of the molecule is COc1ccc(OC)c(N(CC(=O)NN=C(C)C)S(=O)(=O)c2ccccc2)c1. The lowest BCUT2D eigenvalue weighted by Gasteiger charge is -2.25. The highest BCUT2D eigenvalue weighted by Crippen LogP contribution is 2.35. The summed E-state index contributed by atoms with van der Waals surface area (Å²) in [7, 11) is -1.17. The number of ether oxygens (including phenoxy) is 2. The van der Waals surface area contributed by atoms with Gasteiger partial charge in [-0.05, 0) is 38.1 Å². The number of sulfonamides is 1. The fourth-order valence-electron chi connectivity index (χ4n) is 2.35. The van der Waals surface area contributed by atoms with E-state index in [1.807, 2.05) is 0 Å². The zero-order valence-electron chi connectivity index (χ0n) is 16.2. The first-order valence-corrected chi connectivity index (χ1v) is 9.83. The van der Waals surface area contributed by atoms with E-state index in [2.05, 4.69) is 10.5 Å². The Morgan fingerprint density at radius 1 is 1.07 bits per heavy atom. The smallest absolute Gasteiger partial charge is 0.264 e. The molecule has 0 aliphatic carbocycles. The molecular weight excluding hydrogens is 382 g/mol. The van der Waals surface area contributed by atoms with Gasteiger partial charge in [0.1, 0.15) is 18.0 Å². The molecule has 0 aliphatic heterocycles. The highest BCUT2D eigenvalue weighted by atomic mass is 32.2. The van der Waals surface area contributed by atoms with Crippen molar-refractivity contribution < 1.29 is 22.7 Å². The molecule has 0 saturated carbocycles. The van der Waals surface area contributed by atoms with Crippen LogP contribution in [-0.2, 0) is 14.8 Å². The Kier molecular flexibility index (Phi) is 7.00. The predicted molar refractivity (Wildman–Crippen MR) is 107 cm³/mol. The molecule has 0 unspecified atom stereocenters. The molecule has 0 aromatic heterocycles. The summed E-state index contributed by atoms with van der Waals surface area (Å²) in [6.45, 7) is 2.94. The number of methoxy groups -OCH3 is 2. The van der Waals surface area contributed by atoms with Crippen molar-refractivity contribution in [3.05, 3.63) is 48.5 Å². The van der Waals surface area contributed by atoms with E-state index in [9.17, 15) is 13.2 Å². The highest BCUT2D eigenvalue weighted by molar-refractivity contribution is 7.92. The molecule has 9 heteroatoms. The van der Waals surface area contributed by atoms with Gasteiger partial charge in [-0.1, -0.05) is 18.2 Å². The van der Waals surface area contributed by atoms with Crippen molar-refractivity contribution in [1.82, 2.24) is 5.43 Å². The van der Waals surface area contributed by atoms with E-state index < -0.39 is 22.5 Å². The minimum absolute atomic E-state index is 0.0443. The Balaban J connectivity index is 2.57. The summed E-state index contributed by atoms with van der Waals surface area (Å²) in [5, 5.41) is 3.84. The standard InChI is InChI=1S/C19H23N3O5S/c1-14(2)20-21-19(23)13-22(28(24,25)16-8-6-5-7-9-16)17-12-15(26-3)10-11-18(17)27-4/h5-12H,13H2,1-4H3,(H,21,23). The fraction of sp³-hybridized carbons (Fsp3) is 0.263. The van der Waals surface area contributed by atoms with E-state index in [0.717, 1.165) is 4.31 Å². The Morgan fingerprint density at radius 2 is 1.75 bits per heavy atom. The number of hydrazone groups is 1. The molecule has 8 nitrogen and oxygen atoms in total. The van der Waals surface area contributed by atoms with Crippen molar-refractivity contribution in [2.45, 2.75) is 18.7 Å². The van der Waals surface area contributed by atoms with Crippen molar-refractivity contribution in [2.75, 3.05) is 25.1 Å². The molecule has 0 spiro atoms. The van der Waals surface area contributed by atoms with Gasteiger partial charge >= 0.3 is 0 Å². The zero-order valence-corrected chi connectivity index (χ0v) is 17.0. The van der Waals surface area contributed by atoms with Crippen molar-refractivity contribution in [3.63, 3.8) is 0 Å². The van der Waals surface area contributed by atoms with Gasteiger partial charge in [-0.2, -0.15) is 5.10 Å². The van der Waals surface area contributed by atoms with Gasteiger partial charge in [0.05, 0.1) is 24.8 Å². The molecule has 1 amide bonds. The van der Waals surface area contributed by atoms with Crippen LogP contribution in [0.2, 0.25) is 0 Å². The Labute approximate surface area is 164 Å². The third-order valence-corrected chi connectivity index (χ3v) is 5.45. The highest BCUT2D eigenvalue weighted by Gasteiger charge is 2.29. The maximum absolute atomic E-state index is 13.3. The average Bonchev–Trinajstić information content (AvgIpc) is 2.70. The summed E-state index contributed by atoms with van der Waals surface area (Å²) in [5.74, 6) is 0.112. The third kappa shape index (κ3) is 5.01. The van der Waals surface area contributed by atoms with Crippen LogP contribution in [0.3, 0.4) is 0 Å². The van der Waals surface area contributed by atoms with Crippen LogP contribution in [-0.4, -0.2) is 40.8 Å². The van der Waals surface area contributed by atoms with Crippen molar-refractivity contribution in [2.24, 2.45) is 5.10 Å². The molecular formula is C19H23N3O5S. The number of benzene rings is 2. The summed E-state index contributed by atoms with van der Waals surface area (Å²) in [6.07, 6.45) is 0. The second kappa shape index (κ2) is 9.23. The molecule has 2 aromatic rings. The maximum atomic E-state index is 13.3. The second-order valence-corrected chi connectivity index (χ2v) is 7.82. The molecule has 28 heavy (non-hydrogen) atoms. The first-order chi connectivity index (χ1) is 13.3. The molecule has 0 fully saturated rings. The van der Waals surface area contributed by atoms with E-state index in [-0.39, 0.29) is 16.3 Å². The van der Waals surface area contributed by atoms with Gasteiger partial charge in [0.25, 0.3) is 15.9 Å². The van der Waals surface area contributed by atoms with Crippen molar-refractivity contribution >= 4 is 27.3 Å². The Morgan fingerprint density at radius 3 is 2.32 bits per heavy atom.